The highest BCUT2D eigenvalue weighted by Gasteiger charge is 2.22. The van der Waals surface area contributed by atoms with E-state index in [0.717, 1.165) is 5.56 Å². The Morgan fingerprint density at radius 1 is 1.07 bits per heavy atom. The predicted molar refractivity (Wildman–Crippen MR) is 104 cm³/mol. The summed E-state index contributed by atoms with van der Waals surface area (Å²) in [6, 6.07) is 9.08. The van der Waals surface area contributed by atoms with Crippen LogP contribution in [0.3, 0.4) is 0 Å². The number of hydrogen-bond donors (Lipinski definition) is 0. The van der Waals surface area contributed by atoms with Crippen molar-refractivity contribution in [1.29, 1.82) is 0 Å². The summed E-state index contributed by atoms with van der Waals surface area (Å²) in [5, 5.41) is 0. The van der Waals surface area contributed by atoms with Crippen LogP contribution in [0.2, 0.25) is 0 Å². The lowest BCUT2D eigenvalue weighted by atomic mass is 10.2. The maximum Gasteiger partial charge on any atom is 0.331 e. The fourth-order valence-electron chi connectivity index (χ4n) is 2.84. The first-order valence-corrected chi connectivity index (χ1v) is 8.95. The Bertz CT molecular complexity index is 833. The molecular weight excluding hydrogens is 360 g/mol. The number of carbonyl (C=O) groups excluding carboxylic acids is 2. The highest BCUT2D eigenvalue weighted by Crippen LogP contribution is 2.18. The molecule has 3 rings (SSSR count). The molecule has 0 N–H and O–H groups in total. The van der Waals surface area contributed by atoms with E-state index in [1.807, 2.05) is 23.1 Å². The third-order valence-electron chi connectivity index (χ3n) is 4.34. The summed E-state index contributed by atoms with van der Waals surface area (Å²) in [4.78, 5) is 36.3. The molecule has 0 atom stereocenters. The van der Waals surface area contributed by atoms with E-state index in [4.69, 9.17) is 9.47 Å². The van der Waals surface area contributed by atoms with E-state index in [1.54, 1.807) is 42.6 Å². The van der Waals surface area contributed by atoms with Crippen molar-refractivity contribution in [2.45, 2.75) is 0 Å². The van der Waals surface area contributed by atoms with Crippen molar-refractivity contribution in [1.82, 2.24) is 14.9 Å². The molecule has 0 radical (unpaired) electrons. The average molecular weight is 382 g/mol. The van der Waals surface area contributed by atoms with Crippen molar-refractivity contribution < 1.29 is 19.1 Å². The van der Waals surface area contributed by atoms with Crippen molar-refractivity contribution in [3.8, 4) is 5.75 Å². The number of amides is 1. The van der Waals surface area contributed by atoms with Gasteiger partial charge in [-0.15, -0.1) is 0 Å². The van der Waals surface area contributed by atoms with Gasteiger partial charge in [-0.1, -0.05) is 18.2 Å². The van der Waals surface area contributed by atoms with Crippen molar-refractivity contribution >= 4 is 23.9 Å². The molecule has 1 aliphatic heterocycles. The van der Waals surface area contributed by atoms with Crippen LogP contribution in [0.5, 0.6) is 5.75 Å². The molecule has 146 valence electrons. The number of piperazine rings is 1. The monoisotopic (exact) mass is 382 g/mol. The summed E-state index contributed by atoms with van der Waals surface area (Å²) in [5.74, 6) is 0.522. The van der Waals surface area contributed by atoms with E-state index < -0.39 is 5.97 Å². The molecule has 1 saturated heterocycles. The van der Waals surface area contributed by atoms with Gasteiger partial charge in [-0.2, -0.15) is 0 Å². The summed E-state index contributed by atoms with van der Waals surface area (Å²) < 4.78 is 10.3. The summed E-state index contributed by atoms with van der Waals surface area (Å²) in [6.07, 6.45) is 6.27. The number of methoxy groups -OCH3 is 1. The SMILES string of the molecule is COc1ccccc1/C=C/C(=O)OCC(=O)N1CCN(c2ncccn2)CC1. The van der Waals surface area contributed by atoms with E-state index in [1.165, 1.54) is 6.08 Å². The second kappa shape index (κ2) is 9.50. The number of carbonyl (C=O) groups is 2. The fraction of sp³-hybridized carbons (Fsp3) is 0.300. The minimum atomic E-state index is -0.574. The van der Waals surface area contributed by atoms with Gasteiger partial charge in [0.25, 0.3) is 5.91 Å². The number of ether oxygens (including phenoxy) is 2. The Hall–Kier alpha value is -3.42. The highest BCUT2D eigenvalue weighted by molar-refractivity contribution is 5.89. The minimum absolute atomic E-state index is 0.215. The summed E-state index contributed by atoms with van der Waals surface area (Å²) >= 11 is 0. The molecule has 1 aromatic carbocycles. The van der Waals surface area contributed by atoms with Crippen LogP contribution in [0.4, 0.5) is 5.95 Å². The molecule has 0 spiro atoms. The largest absolute Gasteiger partial charge is 0.496 e. The molecule has 1 amide bonds. The third-order valence-corrected chi connectivity index (χ3v) is 4.34. The van der Waals surface area contributed by atoms with E-state index in [-0.39, 0.29) is 12.5 Å². The molecule has 0 aliphatic carbocycles. The summed E-state index contributed by atoms with van der Waals surface area (Å²) in [5.41, 5.74) is 0.757. The lowest BCUT2D eigenvalue weighted by Gasteiger charge is -2.34. The second-order valence-electron chi connectivity index (χ2n) is 6.10. The maximum atomic E-state index is 12.3. The van der Waals surface area contributed by atoms with Crippen molar-refractivity contribution in [3.05, 3.63) is 54.4 Å². The van der Waals surface area contributed by atoms with Crippen LogP contribution < -0.4 is 9.64 Å². The molecule has 2 aromatic rings. The standard InChI is InChI=1S/C20H22N4O4/c1-27-17-6-3-2-5-16(17)7-8-19(26)28-15-18(25)23-11-13-24(14-12-23)20-21-9-4-10-22-20/h2-10H,11-15H2,1H3/b8-7+. The number of nitrogens with zero attached hydrogens (tertiary/aromatic N) is 4. The van der Waals surface area contributed by atoms with Crippen LogP contribution in [0.15, 0.2) is 48.8 Å². The van der Waals surface area contributed by atoms with E-state index in [9.17, 15) is 9.59 Å². The first kappa shape index (κ1) is 19.3. The first-order valence-electron chi connectivity index (χ1n) is 8.95. The number of rotatable bonds is 6. The fourth-order valence-corrected chi connectivity index (χ4v) is 2.84. The van der Waals surface area contributed by atoms with Gasteiger partial charge < -0.3 is 19.3 Å². The molecule has 28 heavy (non-hydrogen) atoms. The number of benzene rings is 1. The summed E-state index contributed by atoms with van der Waals surface area (Å²) in [6.45, 7) is 2.06. The Balaban J connectivity index is 1.44. The maximum absolute atomic E-state index is 12.3. The Kier molecular flexibility index (Phi) is 6.56. The van der Waals surface area contributed by atoms with Gasteiger partial charge in [-0.05, 0) is 18.2 Å². The van der Waals surface area contributed by atoms with Gasteiger partial charge in [0.1, 0.15) is 5.75 Å². The zero-order valence-corrected chi connectivity index (χ0v) is 15.7. The molecule has 8 nitrogen and oxygen atoms in total. The van der Waals surface area contributed by atoms with Gasteiger partial charge in [0.05, 0.1) is 7.11 Å². The van der Waals surface area contributed by atoms with Crippen LogP contribution in [-0.4, -0.2) is 66.6 Å². The quantitative estimate of drug-likeness (QED) is 0.551. The van der Waals surface area contributed by atoms with Crippen molar-refractivity contribution in [2.24, 2.45) is 0 Å². The van der Waals surface area contributed by atoms with Crippen LogP contribution >= 0.6 is 0 Å². The van der Waals surface area contributed by atoms with Gasteiger partial charge in [0.2, 0.25) is 5.95 Å². The molecule has 1 aromatic heterocycles. The Labute approximate surface area is 163 Å². The Morgan fingerprint density at radius 2 is 1.79 bits per heavy atom. The zero-order chi connectivity index (χ0) is 19.8. The second-order valence-corrected chi connectivity index (χ2v) is 6.10. The van der Waals surface area contributed by atoms with Gasteiger partial charge in [0.15, 0.2) is 6.61 Å². The van der Waals surface area contributed by atoms with E-state index >= 15 is 0 Å². The smallest absolute Gasteiger partial charge is 0.331 e. The number of anilines is 1. The number of aromatic nitrogens is 2. The van der Waals surface area contributed by atoms with E-state index in [0.29, 0.717) is 37.9 Å². The van der Waals surface area contributed by atoms with Crippen LogP contribution in [0.1, 0.15) is 5.56 Å². The number of hydrogen-bond acceptors (Lipinski definition) is 7. The lowest BCUT2D eigenvalue weighted by molar-refractivity contribution is -0.148. The van der Waals surface area contributed by atoms with Crippen molar-refractivity contribution in [2.75, 3.05) is 44.8 Å². The normalized spacial score (nSPS) is 14.2. The van der Waals surface area contributed by atoms with Gasteiger partial charge in [0, 0.05) is 50.2 Å². The lowest BCUT2D eigenvalue weighted by Crippen LogP contribution is -2.50. The van der Waals surface area contributed by atoms with Crippen LogP contribution in [0, 0.1) is 0 Å². The van der Waals surface area contributed by atoms with Gasteiger partial charge >= 0.3 is 5.97 Å². The molecule has 0 unspecified atom stereocenters. The zero-order valence-electron chi connectivity index (χ0n) is 15.7. The highest BCUT2D eigenvalue weighted by atomic mass is 16.5. The topological polar surface area (TPSA) is 84.9 Å². The number of para-hydroxylation sites is 1. The first-order chi connectivity index (χ1) is 13.7. The molecule has 1 aliphatic rings. The van der Waals surface area contributed by atoms with Crippen molar-refractivity contribution in [3.63, 3.8) is 0 Å². The number of esters is 1. The van der Waals surface area contributed by atoms with Crippen LogP contribution in [0.25, 0.3) is 6.08 Å². The third kappa shape index (κ3) is 5.06. The molecule has 1 fully saturated rings. The molecule has 0 saturated carbocycles. The van der Waals surface area contributed by atoms with Gasteiger partial charge in [-0.25, -0.2) is 14.8 Å². The molecule has 8 heteroatoms. The van der Waals surface area contributed by atoms with E-state index in [2.05, 4.69) is 9.97 Å². The predicted octanol–water partition coefficient (Wildman–Crippen LogP) is 1.39. The van der Waals surface area contributed by atoms with Crippen LogP contribution in [-0.2, 0) is 14.3 Å². The molecule has 0 bridgehead atoms. The molecular formula is C20H22N4O4. The van der Waals surface area contributed by atoms with Gasteiger partial charge in [-0.3, -0.25) is 4.79 Å². The average Bonchev–Trinajstić information content (AvgIpc) is 2.77. The Morgan fingerprint density at radius 3 is 2.50 bits per heavy atom. The molecule has 2 heterocycles. The summed E-state index contributed by atoms with van der Waals surface area (Å²) in [7, 11) is 1.56. The minimum Gasteiger partial charge on any atom is -0.496 e.